The van der Waals surface area contributed by atoms with E-state index < -0.39 is 0 Å². The summed E-state index contributed by atoms with van der Waals surface area (Å²) in [7, 11) is 2.01. The molecule has 1 aromatic heterocycles. The van der Waals surface area contributed by atoms with Crippen molar-refractivity contribution in [2.75, 3.05) is 13.6 Å². The van der Waals surface area contributed by atoms with Crippen LogP contribution in [0, 0.1) is 5.92 Å². The molecule has 0 bridgehead atoms. The fourth-order valence-corrected chi connectivity index (χ4v) is 2.96. The predicted octanol–water partition coefficient (Wildman–Crippen LogP) is 3.60. The maximum absolute atomic E-state index is 4.74. The van der Waals surface area contributed by atoms with Crippen LogP contribution in [0.25, 0.3) is 11.3 Å². The maximum atomic E-state index is 4.74. The summed E-state index contributed by atoms with van der Waals surface area (Å²) in [5.74, 6) is 0.685. The van der Waals surface area contributed by atoms with E-state index in [4.69, 9.17) is 4.98 Å². The predicted molar refractivity (Wildman–Crippen MR) is 79.0 cm³/mol. The van der Waals surface area contributed by atoms with Crippen LogP contribution in [-0.4, -0.2) is 18.6 Å². The Morgan fingerprint density at radius 3 is 2.72 bits per heavy atom. The van der Waals surface area contributed by atoms with Crippen LogP contribution in [0.3, 0.4) is 0 Å². The summed E-state index contributed by atoms with van der Waals surface area (Å²) in [6.07, 6.45) is 2.27. The lowest BCUT2D eigenvalue weighted by Gasteiger charge is -2.11. The average Bonchev–Trinajstić information content (AvgIpc) is 2.88. The van der Waals surface area contributed by atoms with Crippen molar-refractivity contribution >= 4 is 11.3 Å². The summed E-state index contributed by atoms with van der Waals surface area (Å²) in [6, 6.07) is 10.4. The zero-order chi connectivity index (χ0) is 12.8. The van der Waals surface area contributed by atoms with Crippen molar-refractivity contribution in [3.05, 3.63) is 40.7 Å². The second kappa shape index (κ2) is 6.66. The van der Waals surface area contributed by atoms with Gasteiger partial charge in [0.25, 0.3) is 0 Å². The minimum atomic E-state index is 0.685. The molecule has 1 aromatic carbocycles. The second-order valence-corrected chi connectivity index (χ2v) is 5.47. The van der Waals surface area contributed by atoms with E-state index in [0.29, 0.717) is 5.92 Å². The molecule has 1 unspecified atom stereocenters. The molecule has 2 aromatic rings. The first-order valence-electron chi connectivity index (χ1n) is 6.48. The standard InChI is InChI=1S/C15H20N2S/c1-3-12(10-16-2)9-15-17-14(11-18-15)13-7-5-4-6-8-13/h4-8,11-12,16H,3,9-10H2,1-2H3. The minimum Gasteiger partial charge on any atom is -0.319 e. The molecule has 1 N–H and O–H groups in total. The SMILES string of the molecule is CCC(CNC)Cc1nc(-c2ccccc2)cs1. The molecule has 0 aliphatic carbocycles. The Morgan fingerprint density at radius 1 is 1.28 bits per heavy atom. The van der Waals surface area contributed by atoms with Gasteiger partial charge in [-0.05, 0) is 19.5 Å². The number of rotatable bonds is 6. The van der Waals surface area contributed by atoms with Crippen molar-refractivity contribution in [3.8, 4) is 11.3 Å². The van der Waals surface area contributed by atoms with Crippen molar-refractivity contribution in [2.24, 2.45) is 5.92 Å². The lowest BCUT2D eigenvalue weighted by molar-refractivity contribution is 0.480. The van der Waals surface area contributed by atoms with E-state index in [1.165, 1.54) is 17.0 Å². The molecule has 1 atom stereocenters. The van der Waals surface area contributed by atoms with Crippen molar-refractivity contribution in [3.63, 3.8) is 0 Å². The van der Waals surface area contributed by atoms with Crippen molar-refractivity contribution in [1.82, 2.24) is 10.3 Å². The Kier molecular flexibility index (Phi) is 4.90. The Hall–Kier alpha value is -1.19. The third-order valence-corrected chi connectivity index (χ3v) is 4.03. The van der Waals surface area contributed by atoms with Gasteiger partial charge in [0.1, 0.15) is 0 Å². The third-order valence-electron chi connectivity index (χ3n) is 3.15. The summed E-state index contributed by atoms with van der Waals surface area (Å²) in [4.78, 5) is 4.74. The fourth-order valence-electron chi connectivity index (χ4n) is 2.04. The number of hydrogen-bond donors (Lipinski definition) is 1. The largest absolute Gasteiger partial charge is 0.319 e. The normalized spacial score (nSPS) is 12.6. The van der Waals surface area contributed by atoms with E-state index in [9.17, 15) is 0 Å². The maximum Gasteiger partial charge on any atom is 0.0935 e. The van der Waals surface area contributed by atoms with Gasteiger partial charge in [-0.15, -0.1) is 11.3 Å². The average molecular weight is 260 g/mol. The molecule has 0 radical (unpaired) electrons. The van der Waals surface area contributed by atoms with Crippen LogP contribution < -0.4 is 5.32 Å². The highest BCUT2D eigenvalue weighted by molar-refractivity contribution is 7.09. The van der Waals surface area contributed by atoms with Gasteiger partial charge >= 0.3 is 0 Å². The van der Waals surface area contributed by atoms with E-state index in [-0.39, 0.29) is 0 Å². The van der Waals surface area contributed by atoms with Crippen LogP contribution in [-0.2, 0) is 6.42 Å². The highest BCUT2D eigenvalue weighted by Gasteiger charge is 2.10. The van der Waals surface area contributed by atoms with Crippen LogP contribution in [0.1, 0.15) is 18.4 Å². The highest BCUT2D eigenvalue weighted by Crippen LogP contribution is 2.23. The lowest BCUT2D eigenvalue weighted by atomic mass is 10.0. The summed E-state index contributed by atoms with van der Waals surface area (Å²) < 4.78 is 0. The molecule has 0 aliphatic rings. The van der Waals surface area contributed by atoms with Crippen molar-refractivity contribution in [2.45, 2.75) is 19.8 Å². The van der Waals surface area contributed by atoms with Gasteiger partial charge in [-0.2, -0.15) is 0 Å². The van der Waals surface area contributed by atoms with Gasteiger partial charge in [0.15, 0.2) is 0 Å². The molecule has 0 aliphatic heterocycles. The number of nitrogens with one attached hydrogen (secondary N) is 1. The van der Waals surface area contributed by atoms with Crippen LogP contribution in [0.4, 0.5) is 0 Å². The Morgan fingerprint density at radius 2 is 2.06 bits per heavy atom. The Bertz CT molecular complexity index is 464. The smallest absolute Gasteiger partial charge is 0.0935 e. The molecule has 0 saturated carbocycles. The Balaban J connectivity index is 2.06. The summed E-state index contributed by atoms with van der Waals surface area (Å²) in [6.45, 7) is 3.31. The molecule has 1 heterocycles. The van der Waals surface area contributed by atoms with E-state index >= 15 is 0 Å². The molecule has 96 valence electrons. The molecular formula is C15H20N2S. The van der Waals surface area contributed by atoms with Crippen LogP contribution in [0.2, 0.25) is 0 Å². The van der Waals surface area contributed by atoms with Crippen LogP contribution in [0.15, 0.2) is 35.7 Å². The molecule has 2 rings (SSSR count). The van der Waals surface area contributed by atoms with E-state index in [2.05, 4.69) is 41.9 Å². The number of aromatic nitrogens is 1. The van der Waals surface area contributed by atoms with Crippen LogP contribution in [0.5, 0.6) is 0 Å². The number of nitrogens with zero attached hydrogens (tertiary/aromatic N) is 1. The fraction of sp³-hybridized carbons (Fsp3) is 0.400. The summed E-state index contributed by atoms with van der Waals surface area (Å²) in [5.41, 5.74) is 2.32. The number of thiazole rings is 1. The Labute approximate surface area is 113 Å². The molecule has 0 amide bonds. The minimum absolute atomic E-state index is 0.685. The van der Waals surface area contributed by atoms with Crippen molar-refractivity contribution < 1.29 is 0 Å². The van der Waals surface area contributed by atoms with Crippen LogP contribution >= 0.6 is 11.3 Å². The molecular weight excluding hydrogens is 240 g/mol. The van der Waals surface area contributed by atoms with Crippen molar-refractivity contribution in [1.29, 1.82) is 0 Å². The topological polar surface area (TPSA) is 24.9 Å². The summed E-state index contributed by atoms with van der Waals surface area (Å²) >= 11 is 1.78. The van der Waals surface area contributed by atoms with Gasteiger partial charge in [-0.3, -0.25) is 0 Å². The van der Waals surface area contributed by atoms with E-state index in [1.807, 2.05) is 13.1 Å². The zero-order valence-electron chi connectivity index (χ0n) is 11.0. The van der Waals surface area contributed by atoms with Gasteiger partial charge in [0.2, 0.25) is 0 Å². The highest BCUT2D eigenvalue weighted by atomic mass is 32.1. The monoisotopic (exact) mass is 260 g/mol. The molecule has 18 heavy (non-hydrogen) atoms. The number of hydrogen-bond acceptors (Lipinski definition) is 3. The number of benzene rings is 1. The van der Waals surface area contributed by atoms with Gasteiger partial charge in [-0.25, -0.2) is 4.98 Å². The van der Waals surface area contributed by atoms with Gasteiger partial charge in [0.05, 0.1) is 10.7 Å². The second-order valence-electron chi connectivity index (χ2n) is 4.53. The molecule has 2 nitrogen and oxygen atoms in total. The van der Waals surface area contributed by atoms with Gasteiger partial charge in [-0.1, -0.05) is 43.7 Å². The summed E-state index contributed by atoms with van der Waals surface area (Å²) in [5, 5.41) is 6.66. The first-order chi connectivity index (χ1) is 8.83. The van der Waals surface area contributed by atoms with E-state index in [1.54, 1.807) is 11.3 Å². The first kappa shape index (κ1) is 13.2. The quantitative estimate of drug-likeness (QED) is 0.858. The third kappa shape index (κ3) is 3.40. The van der Waals surface area contributed by atoms with Gasteiger partial charge in [0, 0.05) is 17.4 Å². The van der Waals surface area contributed by atoms with Gasteiger partial charge < -0.3 is 5.32 Å². The first-order valence-corrected chi connectivity index (χ1v) is 7.36. The molecule has 0 saturated heterocycles. The molecule has 0 spiro atoms. The molecule has 3 heteroatoms. The zero-order valence-corrected chi connectivity index (χ0v) is 11.8. The lowest BCUT2D eigenvalue weighted by Crippen LogP contribution is -2.19. The molecule has 0 fully saturated rings. The van der Waals surface area contributed by atoms with E-state index in [0.717, 1.165) is 18.7 Å².